The van der Waals surface area contributed by atoms with Crippen LogP contribution in [0.4, 0.5) is 11.4 Å². The number of hydrogen-bond acceptors (Lipinski definition) is 7. The third kappa shape index (κ3) is 5.49. The number of amides is 1. The Bertz CT molecular complexity index is 1010. The summed E-state index contributed by atoms with van der Waals surface area (Å²) in [6.45, 7) is 4.16. The summed E-state index contributed by atoms with van der Waals surface area (Å²) < 4.78 is 33.0. The first-order valence-corrected chi connectivity index (χ1v) is 13.3. The van der Waals surface area contributed by atoms with E-state index < -0.39 is 10.0 Å². The van der Waals surface area contributed by atoms with E-state index >= 15 is 0 Å². The van der Waals surface area contributed by atoms with Crippen LogP contribution in [-0.4, -0.2) is 76.5 Å². The minimum atomic E-state index is -3.64. The molecule has 2 fully saturated rings. The number of rotatable bonds is 8. The topological polar surface area (TPSA) is 82.2 Å². The maximum Gasteiger partial charge on any atom is 0.243 e. The lowest BCUT2D eigenvalue weighted by Gasteiger charge is -2.27. The van der Waals surface area contributed by atoms with Crippen LogP contribution >= 0.6 is 11.3 Å². The quantitative estimate of drug-likeness (QED) is 0.628. The van der Waals surface area contributed by atoms with E-state index in [0.29, 0.717) is 38.5 Å². The lowest BCUT2D eigenvalue weighted by atomic mass is 10.2. The minimum absolute atomic E-state index is 0.163. The molecule has 0 bridgehead atoms. The van der Waals surface area contributed by atoms with Gasteiger partial charge in [-0.15, -0.1) is 0 Å². The van der Waals surface area contributed by atoms with E-state index in [1.54, 1.807) is 23.5 Å². The Morgan fingerprint density at radius 3 is 2.59 bits per heavy atom. The predicted molar refractivity (Wildman–Crippen MR) is 127 cm³/mol. The van der Waals surface area contributed by atoms with Crippen molar-refractivity contribution in [1.82, 2.24) is 9.21 Å². The molecule has 0 spiro atoms. The molecule has 0 atom stereocenters. The molecular formula is C22H30N4O4S2. The number of sulfonamides is 1. The number of nitrogens with one attached hydrogen (secondary N) is 1. The zero-order chi connectivity index (χ0) is 22.6. The van der Waals surface area contributed by atoms with Crippen LogP contribution in [0.25, 0.3) is 0 Å². The predicted octanol–water partition coefficient (Wildman–Crippen LogP) is 2.44. The third-order valence-corrected chi connectivity index (χ3v) is 8.37. The van der Waals surface area contributed by atoms with E-state index in [-0.39, 0.29) is 17.3 Å². The SMILES string of the molecule is CN(CC(=O)Nc1cc(S(=O)(=O)N2CCOCC2)ccc1N1CCCC1)Cc1ccsc1. The fourth-order valence-electron chi connectivity index (χ4n) is 4.13. The van der Waals surface area contributed by atoms with E-state index in [1.165, 1.54) is 9.87 Å². The van der Waals surface area contributed by atoms with Gasteiger partial charge in [0.05, 0.1) is 36.0 Å². The van der Waals surface area contributed by atoms with Crippen molar-refractivity contribution in [2.24, 2.45) is 0 Å². The zero-order valence-corrected chi connectivity index (χ0v) is 20.0. The molecule has 2 aromatic rings. The highest BCUT2D eigenvalue weighted by Crippen LogP contribution is 2.32. The van der Waals surface area contributed by atoms with Crippen LogP contribution in [-0.2, 0) is 26.1 Å². The molecular weight excluding hydrogens is 448 g/mol. The molecule has 3 heterocycles. The summed E-state index contributed by atoms with van der Waals surface area (Å²) in [5.74, 6) is -0.163. The molecule has 32 heavy (non-hydrogen) atoms. The maximum atomic E-state index is 13.2. The van der Waals surface area contributed by atoms with Crippen LogP contribution in [0, 0.1) is 0 Å². The summed E-state index contributed by atoms with van der Waals surface area (Å²) in [6.07, 6.45) is 2.18. The molecule has 2 saturated heterocycles. The van der Waals surface area contributed by atoms with Gasteiger partial charge in [-0.3, -0.25) is 9.69 Å². The van der Waals surface area contributed by atoms with Crippen molar-refractivity contribution in [3.8, 4) is 0 Å². The molecule has 1 N–H and O–H groups in total. The number of carbonyl (C=O) groups is 1. The summed E-state index contributed by atoms with van der Waals surface area (Å²) in [4.78, 5) is 17.2. The molecule has 8 nitrogen and oxygen atoms in total. The molecule has 0 saturated carbocycles. The Kier molecular flexibility index (Phi) is 7.47. The van der Waals surface area contributed by atoms with Gasteiger partial charge in [-0.25, -0.2) is 8.42 Å². The van der Waals surface area contributed by atoms with Gasteiger partial charge in [-0.1, -0.05) is 0 Å². The summed E-state index contributed by atoms with van der Waals surface area (Å²) in [5, 5.41) is 7.08. The van der Waals surface area contributed by atoms with Gasteiger partial charge < -0.3 is 15.0 Å². The second-order valence-corrected chi connectivity index (χ2v) is 11.0. The first-order valence-electron chi connectivity index (χ1n) is 10.9. The molecule has 1 amide bonds. The van der Waals surface area contributed by atoms with Crippen molar-refractivity contribution in [1.29, 1.82) is 0 Å². The van der Waals surface area contributed by atoms with Gasteiger partial charge >= 0.3 is 0 Å². The monoisotopic (exact) mass is 478 g/mol. The number of morpholine rings is 1. The Morgan fingerprint density at radius 2 is 1.91 bits per heavy atom. The standard InChI is InChI=1S/C22H30N4O4S2/c1-24(15-18-6-13-31-17-18)16-22(27)23-20-14-19(4-5-21(20)25-7-2-3-8-25)32(28,29)26-9-11-30-12-10-26/h4-6,13-14,17H,2-3,7-12,15-16H2,1H3,(H,23,27). The van der Waals surface area contributed by atoms with Gasteiger partial charge in [0, 0.05) is 32.7 Å². The van der Waals surface area contributed by atoms with E-state index in [9.17, 15) is 13.2 Å². The molecule has 10 heteroatoms. The van der Waals surface area contributed by atoms with Crippen LogP contribution in [0.2, 0.25) is 0 Å². The number of nitrogens with zero attached hydrogens (tertiary/aromatic N) is 3. The van der Waals surface area contributed by atoms with Crippen LogP contribution in [0.5, 0.6) is 0 Å². The van der Waals surface area contributed by atoms with E-state index in [4.69, 9.17) is 4.74 Å². The summed E-state index contributed by atoms with van der Waals surface area (Å²) in [7, 11) is -1.74. The van der Waals surface area contributed by atoms with Crippen LogP contribution < -0.4 is 10.2 Å². The number of carbonyl (C=O) groups excluding carboxylic acids is 1. The molecule has 1 aromatic heterocycles. The Morgan fingerprint density at radius 1 is 1.16 bits per heavy atom. The number of likely N-dealkylation sites (N-methyl/N-ethyl adjacent to an activating group) is 1. The van der Waals surface area contributed by atoms with Crippen molar-refractivity contribution < 1.29 is 17.9 Å². The minimum Gasteiger partial charge on any atom is -0.379 e. The third-order valence-electron chi connectivity index (χ3n) is 5.74. The van der Waals surface area contributed by atoms with Crippen molar-refractivity contribution in [3.05, 3.63) is 40.6 Å². The van der Waals surface area contributed by atoms with Crippen molar-refractivity contribution in [3.63, 3.8) is 0 Å². The highest BCUT2D eigenvalue weighted by Gasteiger charge is 2.28. The van der Waals surface area contributed by atoms with Gasteiger partial charge in [-0.2, -0.15) is 15.6 Å². The molecule has 2 aliphatic heterocycles. The summed E-state index contributed by atoms with van der Waals surface area (Å²) >= 11 is 1.63. The van der Waals surface area contributed by atoms with Crippen molar-refractivity contribution in [2.75, 3.05) is 63.2 Å². The molecule has 1 aromatic carbocycles. The zero-order valence-electron chi connectivity index (χ0n) is 18.3. The van der Waals surface area contributed by atoms with Gasteiger partial charge in [0.1, 0.15) is 0 Å². The Hall–Kier alpha value is -1.98. The van der Waals surface area contributed by atoms with Gasteiger partial charge in [0.2, 0.25) is 15.9 Å². The van der Waals surface area contributed by atoms with Crippen LogP contribution in [0.3, 0.4) is 0 Å². The second-order valence-electron chi connectivity index (χ2n) is 8.24. The van der Waals surface area contributed by atoms with E-state index in [0.717, 1.165) is 31.6 Å². The molecule has 174 valence electrons. The van der Waals surface area contributed by atoms with Gasteiger partial charge in [0.15, 0.2) is 0 Å². The average Bonchev–Trinajstić information content (AvgIpc) is 3.48. The highest BCUT2D eigenvalue weighted by molar-refractivity contribution is 7.89. The summed E-state index contributed by atoms with van der Waals surface area (Å²) in [6, 6.07) is 7.12. The number of benzene rings is 1. The van der Waals surface area contributed by atoms with Crippen LogP contribution in [0.15, 0.2) is 39.9 Å². The average molecular weight is 479 g/mol. The normalized spacial score (nSPS) is 17.8. The fourth-order valence-corrected chi connectivity index (χ4v) is 6.23. The van der Waals surface area contributed by atoms with E-state index in [2.05, 4.69) is 15.6 Å². The van der Waals surface area contributed by atoms with Crippen molar-refractivity contribution in [2.45, 2.75) is 24.3 Å². The smallest absolute Gasteiger partial charge is 0.243 e. The number of ether oxygens (including phenoxy) is 1. The number of thiophene rings is 1. The highest BCUT2D eigenvalue weighted by atomic mass is 32.2. The lowest BCUT2D eigenvalue weighted by Crippen LogP contribution is -2.40. The van der Waals surface area contributed by atoms with Crippen LogP contribution in [0.1, 0.15) is 18.4 Å². The van der Waals surface area contributed by atoms with Gasteiger partial charge in [-0.05, 0) is 60.5 Å². The molecule has 0 unspecified atom stereocenters. The molecule has 4 rings (SSSR count). The largest absolute Gasteiger partial charge is 0.379 e. The lowest BCUT2D eigenvalue weighted by molar-refractivity contribution is -0.117. The first kappa shape index (κ1) is 23.2. The fraction of sp³-hybridized carbons (Fsp3) is 0.500. The molecule has 0 aliphatic carbocycles. The second kappa shape index (κ2) is 10.3. The Labute approximate surface area is 193 Å². The van der Waals surface area contributed by atoms with Gasteiger partial charge in [0.25, 0.3) is 0 Å². The molecule has 0 radical (unpaired) electrons. The number of hydrogen-bond donors (Lipinski definition) is 1. The maximum absolute atomic E-state index is 13.2. The molecule has 2 aliphatic rings. The first-order chi connectivity index (χ1) is 15.4. The van der Waals surface area contributed by atoms with E-state index in [1.807, 2.05) is 29.5 Å². The number of anilines is 2. The summed E-state index contributed by atoms with van der Waals surface area (Å²) in [5.41, 5.74) is 2.59. The van der Waals surface area contributed by atoms with Crippen molar-refractivity contribution >= 4 is 38.6 Å². The Balaban J connectivity index is 1.53.